The number of fused-ring (bicyclic) bond motifs is 1. The van der Waals surface area contributed by atoms with Crippen molar-refractivity contribution in [1.29, 1.82) is 0 Å². The Kier molecular flexibility index (Phi) is 9.31. The van der Waals surface area contributed by atoms with Gasteiger partial charge in [-0.25, -0.2) is 24.9 Å². The van der Waals surface area contributed by atoms with Gasteiger partial charge in [0.15, 0.2) is 11.6 Å². The summed E-state index contributed by atoms with van der Waals surface area (Å²) in [6.07, 6.45) is -1.06. The van der Waals surface area contributed by atoms with Gasteiger partial charge in [-0.1, -0.05) is 0 Å². The molecule has 0 aromatic carbocycles. The average molecular weight is 630 g/mol. The molecule has 3 aliphatic rings. The molecule has 2 fully saturated rings. The third-order valence-corrected chi connectivity index (χ3v) is 8.66. The second-order valence-electron chi connectivity index (χ2n) is 10.6. The van der Waals surface area contributed by atoms with Crippen LogP contribution >= 0.6 is 11.3 Å². The van der Waals surface area contributed by atoms with Gasteiger partial charge in [-0.05, 0) is 25.3 Å². The van der Waals surface area contributed by atoms with Gasteiger partial charge in [-0.2, -0.15) is 0 Å². The van der Waals surface area contributed by atoms with Crippen molar-refractivity contribution in [3.05, 3.63) is 41.5 Å². The van der Waals surface area contributed by atoms with Crippen molar-refractivity contribution < 1.29 is 39.5 Å². The van der Waals surface area contributed by atoms with E-state index in [2.05, 4.69) is 14.9 Å². The average Bonchev–Trinajstić information content (AvgIpc) is 3.47. The first kappa shape index (κ1) is 30.7. The maximum atomic E-state index is 10.5. The molecule has 4 N–H and O–H groups in total. The minimum atomic E-state index is -1.56. The van der Waals surface area contributed by atoms with Crippen LogP contribution in [0.4, 0.5) is 5.82 Å². The van der Waals surface area contributed by atoms with E-state index < -0.39 is 43.6 Å². The predicted octanol–water partition coefficient (Wildman–Crippen LogP) is -0.0545. The van der Waals surface area contributed by atoms with Crippen LogP contribution in [-0.2, 0) is 20.9 Å². The highest BCUT2D eigenvalue weighted by molar-refractivity contribution is 7.19. The van der Waals surface area contributed by atoms with Crippen LogP contribution < -0.4 is 9.64 Å². The lowest BCUT2D eigenvalue weighted by Crippen LogP contribution is -2.60. The molecular weight excluding hydrogens is 594 g/mol. The second-order valence-corrected chi connectivity index (χ2v) is 11.7. The van der Waals surface area contributed by atoms with Gasteiger partial charge < -0.3 is 39.5 Å². The Morgan fingerprint density at radius 3 is 2.66 bits per heavy atom. The molecule has 0 radical (unpaired) electrons. The Morgan fingerprint density at radius 2 is 1.93 bits per heavy atom. The highest BCUT2D eigenvalue weighted by atomic mass is 32.1. The fourth-order valence-corrected chi connectivity index (χ4v) is 6.36. The van der Waals surface area contributed by atoms with E-state index in [1.165, 1.54) is 5.06 Å². The number of hydrogen-bond acceptors (Lipinski definition) is 16. The van der Waals surface area contributed by atoms with Gasteiger partial charge in [0, 0.05) is 54.8 Å². The number of rotatable bonds is 9. The summed E-state index contributed by atoms with van der Waals surface area (Å²) >= 11 is 1.59. The second kappa shape index (κ2) is 13.4. The summed E-state index contributed by atoms with van der Waals surface area (Å²) < 4.78 is 17.3. The number of anilines is 1. The number of methoxy groups -OCH3 is 1. The van der Waals surface area contributed by atoms with Crippen molar-refractivity contribution in [3.8, 4) is 17.3 Å². The molecule has 3 aliphatic heterocycles. The van der Waals surface area contributed by atoms with Gasteiger partial charge in [0.25, 0.3) is 0 Å². The molecule has 3 aromatic heterocycles. The smallest absolute Gasteiger partial charge is 0.213 e. The van der Waals surface area contributed by atoms with Gasteiger partial charge in [0.2, 0.25) is 18.5 Å². The van der Waals surface area contributed by atoms with Gasteiger partial charge in [0.1, 0.15) is 24.4 Å². The number of aromatic nitrogens is 3. The fraction of sp³-hybridized carbons (Fsp3) is 0.500. The Labute approximate surface area is 257 Å². The minimum absolute atomic E-state index is 0.466. The standard InChI is InChI=1S/C28H35N7O8S/c1-33(28-29-6-3-7-35(28)43-27-23(39)22(38)21(37)19(15-36)42-27)14-17-12-18-24(44-17)26(34-8-10-41-11-9-34)32-25(31-18)16-4-5-20(40-2)30-13-16/h3-7,12-13,19,21-23,27-28,36-39H,8-11,14-15H2,1-2H3/t19-,21+,22+,23-,27+,28?/m1/s1. The van der Waals surface area contributed by atoms with E-state index in [0.29, 0.717) is 44.6 Å². The number of aliphatic hydroxyl groups is 4. The molecule has 15 nitrogen and oxygen atoms in total. The number of pyridine rings is 1. The highest BCUT2D eigenvalue weighted by Crippen LogP contribution is 2.35. The Morgan fingerprint density at radius 1 is 1.11 bits per heavy atom. The van der Waals surface area contributed by atoms with Crippen LogP contribution in [0, 0.1) is 0 Å². The first-order chi connectivity index (χ1) is 21.4. The molecule has 16 heteroatoms. The van der Waals surface area contributed by atoms with Crippen LogP contribution in [-0.4, -0.2) is 136 Å². The van der Waals surface area contributed by atoms with Gasteiger partial charge in [0.05, 0.1) is 37.1 Å². The number of morpholine rings is 1. The number of thiophene rings is 1. The molecule has 0 aliphatic carbocycles. The van der Waals surface area contributed by atoms with Crippen LogP contribution in [0.2, 0.25) is 0 Å². The molecule has 0 saturated carbocycles. The van der Waals surface area contributed by atoms with Crippen molar-refractivity contribution in [2.24, 2.45) is 4.99 Å². The first-order valence-corrected chi connectivity index (χ1v) is 15.0. The van der Waals surface area contributed by atoms with E-state index >= 15 is 0 Å². The predicted molar refractivity (Wildman–Crippen MR) is 160 cm³/mol. The van der Waals surface area contributed by atoms with Crippen molar-refractivity contribution in [2.75, 3.05) is 52.0 Å². The lowest BCUT2D eigenvalue weighted by atomic mass is 9.99. The van der Waals surface area contributed by atoms with Crippen molar-refractivity contribution in [2.45, 2.75) is 43.5 Å². The Bertz CT molecular complexity index is 1480. The van der Waals surface area contributed by atoms with Crippen LogP contribution in [0.25, 0.3) is 21.6 Å². The van der Waals surface area contributed by atoms with Crippen molar-refractivity contribution in [3.63, 3.8) is 0 Å². The normalized spacial score (nSPS) is 27.4. The number of ether oxygens (including phenoxy) is 3. The van der Waals surface area contributed by atoms with Crippen LogP contribution in [0.5, 0.6) is 5.88 Å². The third-order valence-electron chi connectivity index (χ3n) is 7.56. The zero-order chi connectivity index (χ0) is 30.8. The SMILES string of the molecule is COc1ccc(-c2nc(N3CCOCC3)c3sc(CN(C)C4N=CC=CN4O[C@@H]4O[C@H](CO)[C@H](O)[C@H](O)[C@H]4O)cc3n2)cn1. The number of nitrogens with zero attached hydrogens (tertiary/aromatic N) is 7. The van der Waals surface area contributed by atoms with E-state index in [4.69, 9.17) is 29.0 Å². The topological polar surface area (TPSA) is 179 Å². The zero-order valence-corrected chi connectivity index (χ0v) is 25.0. The van der Waals surface area contributed by atoms with E-state index in [-0.39, 0.29) is 0 Å². The minimum Gasteiger partial charge on any atom is -0.481 e. The summed E-state index contributed by atoms with van der Waals surface area (Å²) in [5.41, 5.74) is 1.58. The summed E-state index contributed by atoms with van der Waals surface area (Å²) in [7, 11) is 3.44. The molecule has 6 atom stereocenters. The van der Waals surface area contributed by atoms with Gasteiger partial charge in [-0.15, -0.1) is 11.3 Å². The van der Waals surface area contributed by atoms with E-state index in [1.54, 1.807) is 49.2 Å². The molecule has 2 saturated heterocycles. The maximum Gasteiger partial charge on any atom is 0.213 e. The summed E-state index contributed by atoms with van der Waals surface area (Å²) in [4.78, 5) is 29.8. The molecule has 6 rings (SSSR count). The molecule has 3 aromatic rings. The van der Waals surface area contributed by atoms with E-state index in [1.807, 2.05) is 24.1 Å². The van der Waals surface area contributed by atoms with Gasteiger partial charge >= 0.3 is 0 Å². The van der Waals surface area contributed by atoms with Gasteiger partial charge in [-0.3, -0.25) is 9.89 Å². The first-order valence-electron chi connectivity index (χ1n) is 14.2. The molecular formula is C28H35N7O8S. The fourth-order valence-electron chi connectivity index (χ4n) is 5.19. The molecule has 6 heterocycles. The molecule has 0 bridgehead atoms. The molecule has 0 spiro atoms. The zero-order valence-electron chi connectivity index (χ0n) is 24.2. The lowest BCUT2D eigenvalue weighted by molar-refractivity contribution is -0.364. The Balaban J connectivity index is 1.24. The lowest BCUT2D eigenvalue weighted by Gasteiger charge is -2.42. The summed E-state index contributed by atoms with van der Waals surface area (Å²) in [5.74, 6) is 1.91. The number of aliphatic imine (C=N–C) groups is 1. The van der Waals surface area contributed by atoms with Crippen LogP contribution in [0.15, 0.2) is 41.7 Å². The largest absolute Gasteiger partial charge is 0.481 e. The monoisotopic (exact) mass is 629 g/mol. The highest BCUT2D eigenvalue weighted by Gasteiger charge is 2.45. The number of allylic oxidation sites excluding steroid dienone is 1. The van der Waals surface area contributed by atoms with E-state index in [0.717, 1.165) is 26.5 Å². The number of hydroxylamine groups is 2. The van der Waals surface area contributed by atoms with Crippen LogP contribution in [0.3, 0.4) is 0 Å². The summed E-state index contributed by atoms with van der Waals surface area (Å²) in [6, 6.07) is 5.70. The van der Waals surface area contributed by atoms with E-state index in [9.17, 15) is 20.4 Å². The molecule has 236 valence electrons. The van der Waals surface area contributed by atoms with Crippen molar-refractivity contribution in [1.82, 2.24) is 24.9 Å². The maximum absolute atomic E-state index is 10.5. The third kappa shape index (κ3) is 6.26. The number of hydrogen-bond donors (Lipinski definition) is 4. The van der Waals surface area contributed by atoms with Crippen molar-refractivity contribution >= 4 is 33.6 Å². The Hall–Kier alpha value is -3.32. The summed E-state index contributed by atoms with van der Waals surface area (Å²) in [5, 5.41) is 41.7. The molecule has 0 amide bonds. The number of aliphatic hydroxyl groups excluding tert-OH is 4. The quantitative estimate of drug-likeness (QED) is 0.247. The van der Waals surface area contributed by atoms with Crippen LogP contribution in [0.1, 0.15) is 4.88 Å². The summed E-state index contributed by atoms with van der Waals surface area (Å²) in [6.45, 7) is 2.57. The molecule has 1 unspecified atom stereocenters. The molecule has 44 heavy (non-hydrogen) atoms.